The minimum absolute atomic E-state index is 0. The molecule has 2 aromatic heterocycles. The number of hydrogen-bond acceptors (Lipinski definition) is 6. The molecule has 1 amide bonds. The lowest BCUT2D eigenvalue weighted by atomic mass is 9.91. The summed E-state index contributed by atoms with van der Waals surface area (Å²) in [4.78, 5) is 35.2. The standard InChI is InChI=1S/C25H29F3N6O2.C2H6.FH.HI.2H2/c1-13(2)34-23-14(11-29-25(32-23)31-15-5-7-16(8-6-15)33(3)4)9-18(24(34)36)17-10-19(26)22(30-12-35)21(28)20(17)27;1-2;;;;/h9-13,15-16H,5-8H2,1-4H3,(H,30,35)(H,29,31,32);1-2H3;4*1H. The van der Waals surface area contributed by atoms with E-state index >= 15 is 0 Å². The molecule has 1 saturated carbocycles. The number of nitrogens with zero attached hydrogens (tertiary/aromatic N) is 4. The van der Waals surface area contributed by atoms with Gasteiger partial charge in [-0.1, -0.05) is 13.8 Å². The lowest BCUT2D eigenvalue weighted by molar-refractivity contribution is -0.105. The van der Waals surface area contributed by atoms with Gasteiger partial charge in [0.2, 0.25) is 12.4 Å². The summed E-state index contributed by atoms with van der Waals surface area (Å²) < 4.78 is 45.1. The molecule has 8 nitrogen and oxygen atoms in total. The first kappa shape index (κ1) is 35.2. The molecule has 1 aliphatic rings. The molecular weight excluding hydrogens is 643 g/mol. The van der Waals surface area contributed by atoms with Gasteiger partial charge in [0.05, 0.1) is 5.56 Å². The van der Waals surface area contributed by atoms with Crippen molar-refractivity contribution in [3.05, 3.63) is 46.1 Å². The van der Waals surface area contributed by atoms with E-state index in [1.54, 1.807) is 19.2 Å². The number of pyridine rings is 1. The van der Waals surface area contributed by atoms with Crippen molar-refractivity contribution in [2.45, 2.75) is 71.5 Å². The second kappa shape index (κ2) is 15.3. The number of carbonyl (C=O) groups excluding carboxylic acids is 1. The molecule has 40 heavy (non-hydrogen) atoms. The van der Waals surface area contributed by atoms with E-state index in [9.17, 15) is 22.8 Å². The number of hydrogen-bond donors (Lipinski definition) is 2. The quantitative estimate of drug-likeness (QED) is 0.126. The van der Waals surface area contributed by atoms with E-state index in [4.69, 9.17) is 0 Å². The summed E-state index contributed by atoms with van der Waals surface area (Å²) in [5.41, 5.74) is -2.03. The van der Waals surface area contributed by atoms with Crippen molar-refractivity contribution < 1.29 is 25.5 Å². The molecule has 226 valence electrons. The second-order valence-electron chi connectivity index (χ2n) is 9.58. The third kappa shape index (κ3) is 7.28. The van der Waals surface area contributed by atoms with E-state index in [-0.39, 0.29) is 55.6 Å². The maximum absolute atomic E-state index is 14.9. The van der Waals surface area contributed by atoms with Crippen LogP contribution in [-0.2, 0) is 4.79 Å². The molecule has 2 heterocycles. The number of halogens is 5. The smallest absolute Gasteiger partial charge is 0.260 e. The first-order chi connectivity index (χ1) is 18.1. The molecule has 1 aliphatic carbocycles. The monoisotopic (exact) mass is 684 g/mol. The molecule has 0 radical (unpaired) electrons. The molecule has 0 spiro atoms. The number of carbonyl (C=O) groups is 1. The van der Waals surface area contributed by atoms with E-state index in [1.807, 2.05) is 13.8 Å². The van der Waals surface area contributed by atoms with Gasteiger partial charge in [-0.15, -0.1) is 24.0 Å². The average Bonchev–Trinajstić information content (AvgIpc) is 2.89. The molecule has 0 aliphatic heterocycles. The van der Waals surface area contributed by atoms with Gasteiger partial charge in [0, 0.05) is 38.1 Å². The van der Waals surface area contributed by atoms with Crippen LogP contribution in [0, 0.1) is 17.5 Å². The summed E-state index contributed by atoms with van der Waals surface area (Å²) >= 11 is 0. The number of rotatable bonds is 7. The van der Waals surface area contributed by atoms with Crippen molar-refractivity contribution >= 4 is 53.1 Å². The Morgan fingerprint density at radius 3 is 2.25 bits per heavy atom. The molecule has 2 N–H and O–H groups in total. The maximum Gasteiger partial charge on any atom is 0.260 e. The van der Waals surface area contributed by atoms with Crippen LogP contribution in [0.15, 0.2) is 23.1 Å². The van der Waals surface area contributed by atoms with Crippen molar-refractivity contribution in [3.8, 4) is 11.1 Å². The summed E-state index contributed by atoms with van der Waals surface area (Å²) in [5.74, 6) is -3.86. The average molecular weight is 685 g/mol. The van der Waals surface area contributed by atoms with Crippen LogP contribution in [0.25, 0.3) is 22.2 Å². The highest BCUT2D eigenvalue weighted by atomic mass is 127. The number of fused-ring (bicyclic) bond motifs is 1. The summed E-state index contributed by atoms with van der Waals surface area (Å²) in [7, 11) is 4.16. The molecular formula is C27H41F4IN6O2. The van der Waals surface area contributed by atoms with Crippen LogP contribution in [0.2, 0.25) is 0 Å². The summed E-state index contributed by atoms with van der Waals surface area (Å²) in [6.45, 7) is 7.52. The Morgan fingerprint density at radius 2 is 1.70 bits per heavy atom. The van der Waals surface area contributed by atoms with Gasteiger partial charge < -0.3 is 15.5 Å². The Labute approximate surface area is 251 Å². The fraction of sp³-hybridized carbons (Fsp3) is 0.481. The SMILES string of the molecule is CC.CC(C)n1c(=O)c(-c2cc(F)c(NC=O)c(F)c2F)cc2cnc(NC3CCC(N(C)C)CC3)nc21.F.I.[HH].[HH]. The van der Waals surface area contributed by atoms with Crippen molar-refractivity contribution in [2.75, 3.05) is 24.7 Å². The number of benzene rings is 1. The van der Waals surface area contributed by atoms with Gasteiger partial charge in [-0.3, -0.25) is 18.9 Å². The molecule has 0 unspecified atom stereocenters. The Kier molecular flexibility index (Phi) is 13.4. The van der Waals surface area contributed by atoms with Gasteiger partial charge in [-0.2, -0.15) is 4.98 Å². The van der Waals surface area contributed by atoms with E-state index in [2.05, 4.69) is 34.3 Å². The third-order valence-electron chi connectivity index (χ3n) is 6.70. The van der Waals surface area contributed by atoms with Crippen LogP contribution in [0.1, 0.15) is 62.3 Å². The van der Waals surface area contributed by atoms with Crippen LogP contribution < -0.4 is 16.2 Å². The maximum atomic E-state index is 14.9. The Balaban J connectivity index is 0. The molecule has 0 saturated heterocycles. The Morgan fingerprint density at radius 1 is 1.07 bits per heavy atom. The topological polar surface area (TPSA) is 92.1 Å². The molecule has 3 aromatic rings. The zero-order valence-corrected chi connectivity index (χ0v) is 25.8. The van der Waals surface area contributed by atoms with Crippen molar-refractivity contribution in [2.24, 2.45) is 0 Å². The van der Waals surface area contributed by atoms with Crippen LogP contribution in [-0.4, -0.2) is 52.0 Å². The second-order valence-corrected chi connectivity index (χ2v) is 9.58. The van der Waals surface area contributed by atoms with Gasteiger partial charge in [0.25, 0.3) is 5.56 Å². The zero-order valence-electron chi connectivity index (χ0n) is 23.4. The molecule has 0 atom stereocenters. The molecule has 4 rings (SSSR count). The zero-order chi connectivity index (χ0) is 28.1. The fourth-order valence-corrected chi connectivity index (χ4v) is 4.76. The van der Waals surface area contributed by atoms with Crippen LogP contribution in [0.5, 0.6) is 0 Å². The number of amides is 1. The van der Waals surface area contributed by atoms with Crippen molar-refractivity contribution in [3.63, 3.8) is 0 Å². The largest absolute Gasteiger partial charge is 0.351 e. The first-order valence-electron chi connectivity index (χ1n) is 12.9. The van der Waals surface area contributed by atoms with Gasteiger partial charge >= 0.3 is 0 Å². The Bertz CT molecular complexity index is 1370. The van der Waals surface area contributed by atoms with Gasteiger partial charge in [-0.25, -0.2) is 18.2 Å². The van der Waals surface area contributed by atoms with Gasteiger partial charge in [0.1, 0.15) is 11.3 Å². The molecule has 1 fully saturated rings. The number of nitrogens with one attached hydrogen (secondary N) is 2. The van der Waals surface area contributed by atoms with Crippen molar-refractivity contribution in [1.29, 1.82) is 0 Å². The van der Waals surface area contributed by atoms with Crippen LogP contribution in [0.4, 0.5) is 29.5 Å². The van der Waals surface area contributed by atoms with Crippen molar-refractivity contribution in [1.82, 2.24) is 19.4 Å². The number of anilines is 2. The molecule has 0 bridgehead atoms. The third-order valence-corrected chi connectivity index (χ3v) is 6.70. The minimum atomic E-state index is -1.59. The van der Waals surface area contributed by atoms with E-state index < -0.39 is 34.3 Å². The summed E-state index contributed by atoms with van der Waals surface area (Å²) in [5, 5.41) is 5.57. The summed E-state index contributed by atoms with van der Waals surface area (Å²) in [6, 6.07) is 2.39. The normalized spacial score (nSPS) is 16.5. The highest BCUT2D eigenvalue weighted by molar-refractivity contribution is 14.0. The predicted octanol–water partition coefficient (Wildman–Crippen LogP) is 6.60. The van der Waals surface area contributed by atoms with Crippen LogP contribution in [0.3, 0.4) is 0 Å². The lowest BCUT2D eigenvalue weighted by Crippen LogP contribution is -2.36. The number of aromatic nitrogens is 3. The highest BCUT2D eigenvalue weighted by Crippen LogP contribution is 2.31. The first-order valence-corrected chi connectivity index (χ1v) is 12.9. The lowest BCUT2D eigenvalue weighted by Gasteiger charge is -2.33. The fourth-order valence-electron chi connectivity index (χ4n) is 4.76. The van der Waals surface area contributed by atoms with E-state index in [1.165, 1.54) is 16.8 Å². The summed E-state index contributed by atoms with van der Waals surface area (Å²) in [6.07, 6.45) is 5.58. The van der Waals surface area contributed by atoms with E-state index in [0.29, 0.717) is 29.1 Å². The van der Waals surface area contributed by atoms with Crippen LogP contribution >= 0.6 is 24.0 Å². The predicted molar refractivity (Wildman–Crippen MR) is 166 cm³/mol. The van der Waals surface area contributed by atoms with Gasteiger partial charge in [-0.05, 0) is 65.8 Å². The highest BCUT2D eigenvalue weighted by Gasteiger charge is 2.25. The Hall–Kier alpha value is -2.81. The van der Waals surface area contributed by atoms with Gasteiger partial charge in [0.15, 0.2) is 17.5 Å². The molecule has 13 heteroatoms. The molecule has 1 aromatic carbocycles. The van der Waals surface area contributed by atoms with E-state index in [0.717, 1.165) is 25.7 Å². The minimum Gasteiger partial charge on any atom is -0.351 e.